The number of halogens is 3. The van der Waals surface area contributed by atoms with Crippen LogP contribution in [0.5, 0.6) is 0 Å². The Hall–Kier alpha value is -0.740. The summed E-state index contributed by atoms with van der Waals surface area (Å²) in [5, 5.41) is 7.12. The van der Waals surface area contributed by atoms with Crippen molar-refractivity contribution in [3.8, 4) is 0 Å². The predicted molar refractivity (Wildman–Crippen MR) is 43.8 cm³/mol. The number of hydrogen-bond donors (Lipinski definition) is 1. The van der Waals surface area contributed by atoms with Crippen LogP contribution in [0.4, 0.5) is 13.2 Å². The highest BCUT2D eigenvalue weighted by Crippen LogP contribution is 2.43. The molecule has 2 aliphatic carbocycles. The first-order valence-corrected chi connectivity index (χ1v) is 4.69. The highest BCUT2D eigenvalue weighted by molar-refractivity contribution is 5.73. The van der Waals surface area contributed by atoms with E-state index in [1.54, 1.807) is 32.1 Å². The van der Waals surface area contributed by atoms with Gasteiger partial charge in [0, 0.05) is 0 Å². The van der Waals surface area contributed by atoms with Gasteiger partial charge in [-0.15, -0.1) is 0 Å². The first-order chi connectivity index (χ1) is 6.39. The van der Waals surface area contributed by atoms with E-state index in [4.69, 9.17) is 9.90 Å². The average molecular weight is 210 g/mol. The molecule has 0 aromatic rings. The van der Waals surface area contributed by atoms with Gasteiger partial charge in [0.25, 0.3) is 0 Å². The molecule has 82 valence electrons. The van der Waals surface area contributed by atoms with Gasteiger partial charge in [-0.2, -0.15) is 13.2 Å². The largest absolute Gasteiger partial charge is 0.490 e. The molecule has 0 aliphatic heterocycles. The van der Waals surface area contributed by atoms with Crippen molar-refractivity contribution in [3.63, 3.8) is 0 Å². The minimum atomic E-state index is -5.08. The van der Waals surface area contributed by atoms with E-state index in [9.17, 15) is 13.2 Å². The fraction of sp³-hybridized carbons (Fsp3) is 0.889. The first-order valence-electron chi connectivity index (χ1n) is 4.69. The zero-order valence-electron chi connectivity index (χ0n) is 7.68. The molecule has 2 saturated carbocycles. The Morgan fingerprint density at radius 1 is 1.07 bits per heavy atom. The Bertz CT molecular complexity index is 195. The molecule has 0 atom stereocenters. The fourth-order valence-electron chi connectivity index (χ4n) is 2.17. The molecule has 5 heteroatoms. The second-order valence-corrected chi connectivity index (χ2v) is 3.93. The van der Waals surface area contributed by atoms with E-state index in [0.29, 0.717) is 0 Å². The van der Waals surface area contributed by atoms with Crippen molar-refractivity contribution in [2.75, 3.05) is 0 Å². The normalized spacial score (nSPS) is 29.6. The highest BCUT2D eigenvalue weighted by Gasteiger charge is 2.38. The lowest BCUT2D eigenvalue weighted by Crippen LogP contribution is -2.21. The molecule has 0 unspecified atom stereocenters. The van der Waals surface area contributed by atoms with Crippen LogP contribution < -0.4 is 0 Å². The summed E-state index contributed by atoms with van der Waals surface area (Å²) in [6.45, 7) is 0. The molecule has 0 aromatic heterocycles. The number of carboxylic acid groups (broad SMARTS) is 1. The summed E-state index contributed by atoms with van der Waals surface area (Å²) in [4.78, 5) is 8.90. The van der Waals surface area contributed by atoms with E-state index in [1.807, 2.05) is 0 Å². The summed E-state index contributed by atoms with van der Waals surface area (Å²) in [6.07, 6.45) is 2.74. The van der Waals surface area contributed by atoms with Gasteiger partial charge in [0.2, 0.25) is 0 Å². The summed E-state index contributed by atoms with van der Waals surface area (Å²) >= 11 is 0. The van der Waals surface area contributed by atoms with Crippen molar-refractivity contribution in [1.29, 1.82) is 0 Å². The number of carbonyl (C=O) groups is 1. The third-order valence-electron chi connectivity index (χ3n) is 2.88. The van der Waals surface area contributed by atoms with E-state index in [-0.39, 0.29) is 0 Å². The van der Waals surface area contributed by atoms with E-state index in [1.165, 1.54) is 11.8 Å². The molecule has 1 N–H and O–H groups in total. The quantitative estimate of drug-likeness (QED) is 0.667. The Morgan fingerprint density at radius 3 is 1.43 bits per heavy atom. The van der Waals surface area contributed by atoms with Gasteiger partial charge in [-0.3, -0.25) is 0 Å². The minimum Gasteiger partial charge on any atom is -0.475 e. The molecule has 2 rings (SSSR count). The van der Waals surface area contributed by atoms with Crippen molar-refractivity contribution in [1.82, 2.24) is 0 Å². The van der Waals surface area contributed by atoms with Gasteiger partial charge in [0.1, 0.15) is 0 Å². The number of aliphatic carboxylic acids is 1. The number of hydrogen-bond acceptors (Lipinski definition) is 1. The maximum Gasteiger partial charge on any atom is 0.490 e. The van der Waals surface area contributed by atoms with Crippen molar-refractivity contribution in [3.05, 3.63) is 0 Å². The van der Waals surface area contributed by atoms with Crippen LogP contribution in [0.2, 0.25) is 0 Å². The van der Waals surface area contributed by atoms with Crippen LogP contribution >= 0.6 is 0 Å². The zero-order chi connectivity index (χ0) is 10.8. The van der Waals surface area contributed by atoms with Gasteiger partial charge in [-0.25, -0.2) is 4.79 Å². The first kappa shape index (κ1) is 11.3. The molecule has 2 fully saturated rings. The van der Waals surface area contributed by atoms with Gasteiger partial charge >= 0.3 is 12.1 Å². The predicted octanol–water partition coefficient (Wildman–Crippen LogP) is 2.83. The van der Waals surface area contributed by atoms with Crippen molar-refractivity contribution in [2.45, 2.75) is 38.3 Å². The van der Waals surface area contributed by atoms with Crippen LogP contribution in [0.3, 0.4) is 0 Å². The Labute approximate surface area is 80.1 Å². The van der Waals surface area contributed by atoms with Crippen LogP contribution in [-0.4, -0.2) is 17.3 Å². The summed E-state index contributed by atoms with van der Waals surface area (Å²) in [6, 6.07) is 0. The van der Waals surface area contributed by atoms with Crippen LogP contribution in [0.15, 0.2) is 0 Å². The maximum atomic E-state index is 10.6. The van der Waals surface area contributed by atoms with Crippen LogP contribution in [0.25, 0.3) is 0 Å². The third kappa shape index (κ3) is 3.20. The molecule has 0 saturated heterocycles. The van der Waals surface area contributed by atoms with Crippen LogP contribution in [-0.2, 0) is 4.79 Å². The molecular formula is C9H13F3O2. The molecule has 0 spiro atoms. The second-order valence-electron chi connectivity index (χ2n) is 3.93. The van der Waals surface area contributed by atoms with Crippen molar-refractivity contribution < 1.29 is 23.1 Å². The average Bonchev–Trinajstić information content (AvgIpc) is 2.65. The molecular weight excluding hydrogens is 197 g/mol. The molecule has 0 radical (unpaired) electrons. The van der Waals surface area contributed by atoms with Gasteiger partial charge in [0.05, 0.1) is 0 Å². The van der Waals surface area contributed by atoms with E-state index in [2.05, 4.69) is 0 Å². The van der Waals surface area contributed by atoms with Gasteiger partial charge in [0.15, 0.2) is 0 Å². The minimum absolute atomic E-state index is 1.17. The molecule has 2 bridgehead atoms. The van der Waals surface area contributed by atoms with E-state index < -0.39 is 12.1 Å². The second kappa shape index (κ2) is 4.19. The lowest BCUT2D eigenvalue weighted by molar-refractivity contribution is -0.192. The fourth-order valence-corrected chi connectivity index (χ4v) is 2.17. The van der Waals surface area contributed by atoms with E-state index in [0.717, 1.165) is 0 Å². The van der Waals surface area contributed by atoms with Crippen LogP contribution in [0, 0.1) is 11.8 Å². The lowest BCUT2D eigenvalue weighted by Gasteiger charge is -2.05. The molecule has 2 nitrogen and oxygen atoms in total. The third-order valence-corrected chi connectivity index (χ3v) is 2.88. The number of rotatable bonds is 0. The summed E-state index contributed by atoms with van der Waals surface area (Å²) in [5.74, 6) is -0.414. The molecule has 14 heavy (non-hydrogen) atoms. The number of fused-ring (bicyclic) bond motifs is 2. The Balaban J connectivity index is 0.000000140. The maximum absolute atomic E-state index is 10.6. The molecule has 2 aliphatic rings. The summed E-state index contributed by atoms with van der Waals surface area (Å²) in [5.41, 5.74) is 0. The van der Waals surface area contributed by atoms with Crippen molar-refractivity contribution in [2.24, 2.45) is 11.8 Å². The smallest absolute Gasteiger partial charge is 0.475 e. The molecule has 0 heterocycles. The SMILES string of the molecule is C1CC2CCC1C2.O=C(O)C(F)(F)F. The van der Waals surface area contributed by atoms with Crippen LogP contribution in [0.1, 0.15) is 32.1 Å². The van der Waals surface area contributed by atoms with Gasteiger partial charge in [-0.05, 0) is 18.3 Å². The van der Waals surface area contributed by atoms with E-state index >= 15 is 0 Å². The summed E-state index contributed by atoms with van der Waals surface area (Å²) in [7, 11) is 0. The molecule has 0 amide bonds. The Morgan fingerprint density at radius 2 is 1.36 bits per heavy atom. The topological polar surface area (TPSA) is 37.3 Å². The lowest BCUT2D eigenvalue weighted by atomic mass is 10.0. The zero-order valence-corrected chi connectivity index (χ0v) is 7.68. The number of carboxylic acids is 1. The highest BCUT2D eigenvalue weighted by atomic mass is 19.4. The molecule has 0 aromatic carbocycles. The summed E-state index contributed by atoms with van der Waals surface area (Å²) < 4.78 is 31.7. The Kier molecular flexibility index (Phi) is 3.39. The standard InChI is InChI=1S/C7H12.C2HF3O2/c1-2-7-4-3-6(1)5-7;3-2(4,5)1(6)7/h6-7H,1-5H2;(H,6,7). The van der Waals surface area contributed by atoms with Gasteiger partial charge < -0.3 is 5.11 Å². The monoisotopic (exact) mass is 210 g/mol. The van der Waals surface area contributed by atoms with Crippen molar-refractivity contribution >= 4 is 5.97 Å². The number of alkyl halides is 3. The van der Waals surface area contributed by atoms with Gasteiger partial charge in [-0.1, -0.05) is 25.7 Å².